The molecule has 2 aliphatic rings. The van der Waals surface area contributed by atoms with Crippen LogP contribution in [0.25, 0.3) is 5.57 Å². The van der Waals surface area contributed by atoms with Crippen LogP contribution in [0.3, 0.4) is 0 Å². The van der Waals surface area contributed by atoms with Gasteiger partial charge in [0.2, 0.25) is 0 Å². The zero-order chi connectivity index (χ0) is 17.3. The average molecular weight is 328 g/mol. The zero-order valence-corrected chi connectivity index (χ0v) is 13.5. The number of esters is 1. The van der Waals surface area contributed by atoms with Crippen LogP contribution >= 0.6 is 0 Å². The highest BCUT2D eigenvalue weighted by Crippen LogP contribution is 2.37. The van der Waals surface area contributed by atoms with Gasteiger partial charge in [0.25, 0.3) is 5.78 Å². The number of ketones is 1. The van der Waals surface area contributed by atoms with Gasteiger partial charge in [-0.3, -0.25) is 4.79 Å². The van der Waals surface area contributed by atoms with Crippen molar-refractivity contribution in [3.8, 4) is 5.75 Å². The smallest absolute Gasteiger partial charge is 0.340 e. The molecule has 1 aromatic carbocycles. The lowest BCUT2D eigenvalue weighted by atomic mass is 9.93. The van der Waals surface area contributed by atoms with Crippen molar-refractivity contribution >= 4 is 17.3 Å². The second kappa shape index (κ2) is 5.88. The molecule has 0 saturated carbocycles. The van der Waals surface area contributed by atoms with Crippen molar-refractivity contribution in [2.45, 2.75) is 5.60 Å². The van der Waals surface area contributed by atoms with Crippen LogP contribution in [0.15, 0.2) is 54.0 Å². The lowest BCUT2D eigenvalue weighted by Crippen LogP contribution is -2.30. The van der Waals surface area contributed by atoms with Gasteiger partial charge in [-0.2, -0.15) is 0 Å². The molecule has 1 aliphatic carbocycles. The Morgan fingerprint density at radius 3 is 1.92 bits per heavy atom. The summed E-state index contributed by atoms with van der Waals surface area (Å²) in [4.78, 5) is 24.4. The highest BCUT2D eigenvalue weighted by molar-refractivity contribution is 6.19. The van der Waals surface area contributed by atoms with E-state index in [-0.39, 0.29) is 11.5 Å². The van der Waals surface area contributed by atoms with Gasteiger partial charge in [-0.15, -0.1) is 0 Å². The van der Waals surface area contributed by atoms with Crippen LogP contribution in [0.1, 0.15) is 5.56 Å². The molecule has 1 aliphatic heterocycles. The lowest BCUT2D eigenvalue weighted by molar-refractivity contribution is -0.140. The number of carbonyl (C=O) groups is 2. The summed E-state index contributed by atoms with van der Waals surface area (Å²) >= 11 is 0. The van der Waals surface area contributed by atoms with E-state index >= 15 is 0 Å². The molecule has 0 bridgehead atoms. The predicted octanol–water partition coefficient (Wildman–Crippen LogP) is 2.02. The summed E-state index contributed by atoms with van der Waals surface area (Å²) in [6, 6.07) is 7.04. The molecule has 0 N–H and O–H groups in total. The van der Waals surface area contributed by atoms with E-state index in [0.29, 0.717) is 16.9 Å². The quantitative estimate of drug-likeness (QED) is 0.788. The molecule has 0 unspecified atom stereocenters. The van der Waals surface area contributed by atoms with Crippen molar-refractivity contribution in [2.75, 3.05) is 21.3 Å². The van der Waals surface area contributed by atoms with E-state index in [4.69, 9.17) is 18.9 Å². The molecule has 1 aromatic rings. The van der Waals surface area contributed by atoms with Gasteiger partial charge in [0.15, 0.2) is 17.1 Å². The van der Waals surface area contributed by atoms with E-state index in [1.165, 1.54) is 26.4 Å². The standard InChI is InChI=1S/C18H16O6/c1-21-12-6-4-11(5-7-12)13-8-18(24-17(13)20)9-14(22-2)16(19)15(10-18)23-3/h4-10H,1-3H3. The van der Waals surface area contributed by atoms with Crippen LogP contribution in [0, 0.1) is 0 Å². The second-order valence-corrected chi connectivity index (χ2v) is 5.28. The number of benzene rings is 1. The van der Waals surface area contributed by atoms with Gasteiger partial charge in [0.05, 0.1) is 26.9 Å². The minimum Gasteiger partial charge on any atom is -0.497 e. The minimum atomic E-state index is -1.20. The van der Waals surface area contributed by atoms with E-state index in [2.05, 4.69) is 0 Å². The molecule has 0 radical (unpaired) electrons. The predicted molar refractivity (Wildman–Crippen MR) is 85.0 cm³/mol. The first-order valence-electron chi connectivity index (χ1n) is 7.21. The average Bonchev–Trinajstić information content (AvgIpc) is 2.92. The maximum Gasteiger partial charge on any atom is 0.340 e. The Hall–Kier alpha value is -3.02. The first-order chi connectivity index (χ1) is 11.5. The molecular formula is C18H16O6. The maximum atomic E-state index is 12.3. The zero-order valence-electron chi connectivity index (χ0n) is 13.5. The molecule has 0 amide bonds. The molecule has 6 heteroatoms. The third-order valence-electron chi connectivity index (χ3n) is 3.86. The number of rotatable bonds is 4. The number of hydrogen-bond acceptors (Lipinski definition) is 6. The fourth-order valence-corrected chi connectivity index (χ4v) is 2.65. The Kier molecular flexibility index (Phi) is 3.89. The molecule has 0 atom stereocenters. The Balaban J connectivity index is 2.04. The summed E-state index contributed by atoms with van der Waals surface area (Å²) in [6.45, 7) is 0. The Morgan fingerprint density at radius 1 is 0.833 bits per heavy atom. The normalized spacial score (nSPS) is 18.5. The first kappa shape index (κ1) is 15.9. The number of methoxy groups -OCH3 is 3. The van der Waals surface area contributed by atoms with Gasteiger partial charge in [0, 0.05) is 12.2 Å². The topological polar surface area (TPSA) is 71.1 Å². The van der Waals surface area contributed by atoms with Crippen molar-refractivity contribution in [3.05, 3.63) is 59.6 Å². The van der Waals surface area contributed by atoms with Crippen LogP contribution in [0.2, 0.25) is 0 Å². The lowest BCUT2D eigenvalue weighted by Gasteiger charge is -2.24. The third-order valence-corrected chi connectivity index (χ3v) is 3.86. The van der Waals surface area contributed by atoms with Crippen molar-refractivity contribution in [1.29, 1.82) is 0 Å². The maximum absolute atomic E-state index is 12.3. The van der Waals surface area contributed by atoms with Crippen LogP contribution in [0.4, 0.5) is 0 Å². The Bertz CT molecular complexity index is 758. The molecule has 3 rings (SSSR count). The van der Waals surface area contributed by atoms with E-state index in [9.17, 15) is 9.59 Å². The molecule has 0 aromatic heterocycles. The van der Waals surface area contributed by atoms with Gasteiger partial charge < -0.3 is 18.9 Å². The van der Waals surface area contributed by atoms with Gasteiger partial charge in [-0.25, -0.2) is 4.79 Å². The van der Waals surface area contributed by atoms with Crippen LogP contribution in [0.5, 0.6) is 5.75 Å². The summed E-state index contributed by atoms with van der Waals surface area (Å²) in [5.74, 6) is -0.0727. The van der Waals surface area contributed by atoms with Crippen molar-refractivity contribution < 1.29 is 28.5 Å². The van der Waals surface area contributed by atoms with Crippen molar-refractivity contribution in [3.63, 3.8) is 0 Å². The number of Topliss-reactive ketones (excluding diaryl/α,β-unsaturated/α-hetero) is 1. The summed E-state index contributed by atoms with van der Waals surface area (Å²) < 4.78 is 20.8. The monoisotopic (exact) mass is 328 g/mol. The largest absolute Gasteiger partial charge is 0.497 e. The SMILES string of the molecule is COC1=CC2(C=C(OC)C1=O)C=C(c1ccc(OC)cc1)C(=O)O2. The van der Waals surface area contributed by atoms with E-state index in [1.807, 2.05) is 0 Å². The molecule has 124 valence electrons. The molecule has 1 spiro atoms. The van der Waals surface area contributed by atoms with E-state index in [1.54, 1.807) is 37.5 Å². The Morgan fingerprint density at radius 2 is 1.42 bits per heavy atom. The van der Waals surface area contributed by atoms with E-state index in [0.717, 1.165) is 0 Å². The van der Waals surface area contributed by atoms with Crippen molar-refractivity contribution in [2.24, 2.45) is 0 Å². The fraction of sp³-hybridized carbons (Fsp3) is 0.222. The molecule has 0 saturated heterocycles. The van der Waals surface area contributed by atoms with Gasteiger partial charge in [-0.05, 0) is 23.8 Å². The molecule has 6 nitrogen and oxygen atoms in total. The summed E-state index contributed by atoms with van der Waals surface area (Å²) in [5, 5.41) is 0. The third kappa shape index (κ3) is 2.56. The summed E-state index contributed by atoms with van der Waals surface area (Å²) in [7, 11) is 4.32. The highest BCUT2D eigenvalue weighted by atomic mass is 16.6. The van der Waals surface area contributed by atoms with E-state index < -0.39 is 17.4 Å². The number of carbonyl (C=O) groups excluding carboxylic acids is 2. The molecule has 24 heavy (non-hydrogen) atoms. The first-order valence-corrected chi connectivity index (χ1v) is 7.21. The molecular weight excluding hydrogens is 312 g/mol. The van der Waals surface area contributed by atoms with Crippen LogP contribution < -0.4 is 4.74 Å². The van der Waals surface area contributed by atoms with Crippen LogP contribution in [-0.2, 0) is 23.8 Å². The minimum absolute atomic E-state index is 0.0642. The second-order valence-electron chi connectivity index (χ2n) is 5.28. The van der Waals surface area contributed by atoms with Gasteiger partial charge in [-0.1, -0.05) is 12.1 Å². The summed E-state index contributed by atoms with van der Waals surface area (Å²) in [5.41, 5.74) is -0.114. The highest BCUT2D eigenvalue weighted by Gasteiger charge is 2.43. The fourth-order valence-electron chi connectivity index (χ4n) is 2.65. The molecule has 1 heterocycles. The summed E-state index contributed by atoms with van der Waals surface area (Å²) in [6.07, 6.45) is 4.57. The Labute approximate surface area is 139 Å². The number of hydrogen-bond donors (Lipinski definition) is 0. The van der Waals surface area contributed by atoms with Crippen molar-refractivity contribution in [1.82, 2.24) is 0 Å². The van der Waals surface area contributed by atoms with Crippen LogP contribution in [-0.4, -0.2) is 38.7 Å². The number of ether oxygens (including phenoxy) is 4. The molecule has 0 fully saturated rings. The van der Waals surface area contributed by atoms with Gasteiger partial charge in [0.1, 0.15) is 5.75 Å². The van der Waals surface area contributed by atoms with Gasteiger partial charge >= 0.3 is 5.97 Å².